The van der Waals surface area contributed by atoms with Crippen LogP contribution in [0, 0.1) is 12.8 Å². The summed E-state index contributed by atoms with van der Waals surface area (Å²) in [6.45, 7) is 2.37. The summed E-state index contributed by atoms with van der Waals surface area (Å²) in [6.07, 6.45) is 7.10. The number of amides is 1. The highest BCUT2D eigenvalue weighted by Gasteiger charge is 2.17. The van der Waals surface area contributed by atoms with Crippen LogP contribution in [0.2, 0.25) is 0 Å². The average Bonchev–Trinajstić information content (AvgIpc) is 2.90. The fourth-order valence-electron chi connectivity index (χ4n) is 2.07. The van der Waals surface area contributed by atoms with Crippen molar-refractivity contribution in [2.75, 3.05) is 7.05 Å². The molecular weight excluding hydrogens is 216 g/mol. The Balaban J connectivity index is 1.84. The van der Waals surface area contributed by atoms with Gasteiger partial charge in [-0.2, -0.15) is 0 Å². The molecule has 0 aliphatic heterocycles. The number of allylic oxidation sites excluding steroid dienone is 2. The first-order valence-electron chi connectivity index (χ1n) is 5.98. The van der Waals surface area contributed by atoms with E-state index in [4.69, 9.17) is 4.52 Å². The maximum atomic E-state index is 11.9. The number of carbonyl (C=O) groups excluding carboxylic acids is 1. The molecule has 0 fully saturated rings. The van der Waals surface area contributed by atoms with E-state index in [2.05, 4.69) is 17.3 Å². The summed E-state index contributed by atoms with van der Waals surface area (Å²) in [4.78, 5) is 13.7. The fraction of sp³-hybridized carbons (Fsp3) is 0.538. The van der Waals surface area contributed by atoms with Gasteiger partial charge in [-0.05, 0) is 25.7 Å². The van der Waals surface area contributed by atoms with E-state index in [-0.39, 0.29) is 5.91 Å². The first kappa shape index (κ1) is 11.9. The van der Waals surface area contributed by atoms with E-state index >= 15 is 0 Å². The molecule has 2 rings (SSSR count). The van der Waals surface area contributed by atoms with Crippen LogP contribution in [0.5, 0.6) is 0 Å². The SMILES string of the molecule is Cc1cc(CN(C)C(=O)CC2C=CCC2)no1. The Morgan fingerprint density at radius 3 is 3.06 bits per heavy atom. The Morgan fingerprint density at radius 2 is 2.47 bits per heavy atom. The molecule has 0 aromatic carbocycles. The van der Waals surface area contributed by atoms with Gasteiger partial charge in [-0.1, -0.05) is 17.3 Å². The van der Waals surface area contributed by atoms with Gasteiger partial charge in [0.25, 0.3) is 0 Å². The summed E-state index contributed by atoms with van der Waals surface area (Å²) < 4.78 is 4.98. The molecule has 1 heterocycles. The molecule has 1 atom stereocenters. The minimum Gasteiger partial charge on any atom is -0.361 e. The molecule has 4 heteroatoms. The summed E-state index contributed by atoms with van der Waals surface area (Å²) in [6, 6.07) is 1.86. The third-order valence-corrected chi connectivity index (χ3v) is 3.05. The number of rotatable bonds is 4. The Bertz CT molecular complexity index is 423. The largest absolute Gasteiger partial charge is 0.361 e. The van der Waals surface area contributed by atoms with Crippen LogP contribution in [0.4, 0.5) is 0 Å². The van der Waals surface area contributed by atoms with Crippen LogP contribution >= 0.6 is 0 Å². The maximum Gasteiger partial charge on any atom is 0.223 e. The van der Waals surface area contributed by atoms with E-state index in [9.17, 15) is 4.79 Å². The maximum absolute atomic E-state index is 11.9. The van der Waals surface area contributed by atoms with Crippen molar-refractivity contribution in [1.29, 1.82) is 0 Å². The lowest BCUT2D eigenvalue weighted by atomic mass is 10.0. The zero-order chi connectivity index (χ0) is 12.3. The molecule has 0 saturated carbocycles. The van der Waals surface area contributed by atoms with Gasteiger partial charge in [0.15, 0.2) is 0 Å². The van der Waals surface area contributed by atoms with E-state index in [1.54, 1.807) is 4.90 Å². The van der Waals surface area contributed by atoms with Crippen LogP contribution in [0.3, 0.4) is 0 Å². The van der Waals surface area contributed by atoms with Crippen LogP contribution in [0.1, 0.15) is 30.7 Å². The van der Waals surface area contributed by atoms with E-state index in [1.807, 2.05) is 20.0 Å². The Hall–Kier alpha value is -1.58. The second-order valence-corrected chi connectivity index (χ2v) is 4.65. The van der Waals surface area contributed by atoms with Crippen LogP contribution in [0.15, 0.2) is 22.7 Å². The molecule has 0 saturated heterocycles. The second-order valence-electron chi connectivity index (χ2n) is 4.65. The van der Waals surface area contributed by atoms with Gasteiger partial charge >= 0.3 is 0 Å². The zero-order valence-electron chi connectivity index (χ0n) is 10.3. The fourth-order valence-corrected chi connectivity index (χ4v) is 2.07. The quantitative estimate of drug-likeness (QED) is 0.751. The molecule has 4 nitrogen and oxygen atoms in total. The minimum atomic E-state index is 0.169. The van der Waals surface area contributed by atoms with E-state index < -0.39 is 0 Å². The van der Waals surface area contributed by atoms with Gasteiger partial charge in [-0.25, -0.2) is 0 Å². The lowest BCUT2D eigenvalue weighted by Crippen LogP contribution is -2.27. The van der Waals surface area contributed by atoms with Crippen molar-refractivity contribution in [3.63, 3.8) is 0 Å². The number of hydrogen-bond acceptors (Lipinski definition) is 3. The lowest BCUT2D eigenvalue weighted by molar-refractivity contribution is -0.131. The topological polar surface area (TPSA) is 46.3 Å². The van der Waals surface area contributed by atoms with Crippen molar-refractivity contribution in [2.45, 2.75) is 32.7 Å². The van der Waals surface area contributed by atoms with Crippen LogP contribution in [-0.2, 0) is 11.3 Å². The number of aryl methyl sites for hydroxylation is 1. The molecule has 1 aliphatic carbocycles. The molecule has 1 aromatic heterocycles. The Morgan fingerprint density at radius 1 is 1.65 bits per heavy atom. The molecule has 0 N–H and O–H groups in total. The Labute approximate surface area is 101 Å². The molecule has 1 aliphatic rings. The van der Waals surface area contributed by atoms with Gasteiger partial charge in [0.05, 0.1) is 6.54 Å². The number of aromatic nitrogens is 1. The predicted molar refractivity (Wildman–Crippen MR) is 64.2 cm³/mol. The van der Waals surface area contributed by atoms with Crippen molar-refractivity contribution in [2.24, 2.45) is 5.92 Å². The molecule has 1 amide bonds. The third kappa shape index (κ3) is 3.19. The molecule has 0 radical (unpaired) electrons. The summed E-state index contributed by atoms with van der Waals surface area (Å²) >= 11 is 0. The zero-order valence-corrected chi connectivity index (χ0v) is 10.3. The number of carbonyl (C=O) groups is 1. The smallest absolute Gasteiger partial charge is 0.223 e. The molecule has 0 spiro atoms. The van der Waals surface area contributed by atoms with Crippen LogP contribution < -0.4 is 0 Å². The van der Waals surface area contributed by atoms with Crippen molar-refractivity contribution < 1.29 is 9.32 Å². The number of nitrogens with zero attached hydrogens (tertiary/aromatic N) is 2. The second kappa shape index (κ2) is 5.17. The highest BCUT2D eigenvalue weighted by Crippen LogP contribution is 2.21. The predicted octanol–water partition coefficient (Wildman–Crippen LogP) is 2.30. The molecule has 92 valence electrons. The first-order valence-corrected chi connectivity index (χ1v) is 5.98. The lowest BCUT2D eigenvalue weighted by Gasteiger charge is -2.17. The van der Waals surface area contributed by atoms with Crippen LogP contribution in [-0.4, -0.2) is 23.0 Å². The highest BCUT2D eigenvalue weighted by molar-refractivity contribution is 5.76. The van der Waals surface area contributed by atoms with Gasteiger partial charge in [0, 0.05) is 19.5 Å². The Kier molecular flexibility index (Phi) is 3.61. The standard InChI is InChI=1S/C13H18N2O2/c1-10-7-12(14-17-10)9-15(2)13(16)8-11-5-3-4-6-11/h3,5,7,11H,4,6,8-9H2,1-2H3. The van der Waals surface area contributed by atoms with Crippen molar-refractivity contribution in [1.82, 2.24) is 10.1 Å². The van der Waals surface area contributed by atoms with Crippen LogP contribution in [0.25, 0.3) is 0 Å². The van der Waals surface area contributed by atoms with Gasteiger partial charge in [0.1, 0.15) is 11.5 Å². The summed E-state index contributed by atoms with van der Waals surface area (Å²) in [5, 5.41) is 3.89. The summed E-state index contributed by atoms with van der Waals surface area (Å²) in [7, 11) is 1.81. The van der Waals surface area contributed by atoms with Gasteiger partial charge in [-0.3, -0.25) is 4.79 Å². The monoisotopic (exact) mass is 234 g/mol. The normalized spacial score (nSPS) is 18.6. The van der Waals surface area contributed by atoms with E-state index in [1.165, 1.54) is 0 Å². The molecular formula is C13H18N2O2. The molecule has 0 bridgehead atoms. The summed E-state index contributed by atoms with van der Waals surface area (Å²) in [5.41, 5.74) is 0.806. The summed E-state index contributed by atoms with van der Waals surface area (Å²) in [5.74, 6) is 1.37. The van der Waals surface area contributed by atoms with Crippen molar-refractivity contribution >= 4 is 5.91 Å². The van der Waals surface area contributed by atoms with Gasteiger partial charge in [-0.15, -0.1) is 0 Å². The average molecular weight is 234 g/mol. The van der Waals surface area contributed by atoms with Crippen molar-refractivity contribution in [3.05, 3.63) is 29.7 Å². The van der Waals surface area contributed by atoms with Gasteiger partial charge in [0.2, 0.25) is 5.91 Å². The van der Waals surface area contributed by atoms with Gasteiger partial charge < -0.3 is 9.42 Å². The first-order chi connectivity index (χ1) is 8.15. The highest BCUT2D eigenvalue weighted by atomic mass is 16.5. The molecule has 1 unspecified atom stereocenters. The molecule has 1 aromatic rings. The van der Waals surface area contributed by atoms with E-state index in [0.717, 1.165) is 24.3 Å². The third-order valence-electron chi connectivity index (χ3n) is 3.05. The minimum absolute atomic E-state index is 0.169. The van der Waals surface area contributed by atoms with Crippen molar-refractivity contribution in [3.8, 4) is 0 Å². The molecule has 17 heavy (non-hydrogen) atoms. The number of hydrogen-bond donors (Lipinski definition) is 0. The van der Waals surface area contributed by atoms with E-state index in [0.29, 0.717) is 18.9 Å².